The lowest BCUT2D eigenvalue weighted by Gasteiger charge is -2.09. The summed E-state index contributed by atoms with van der Waals surface area (Å²) in [7, 11) is 0. The smallest absolute Gasteiger partial charge is 0.268 e. The van der Waals surface area contributed by atoms with Crippen LogP contribution in [0.3, 0.4) is 0 Å². The van der Waals surface area contributed by atoms with Gasteiger partial charge in [-0.25, -0.2) is 0 Å². The van der Waals surface area contributed by atoms with Crippen LogP contribution in [0.15, 0.2) is 54.4 Å². The van der Waals surface area contributed by atoms with Gasteiger partial charge < -0.3 is 15.6 Å². The predicted molar refractivity (Wildman–Crippen MR) is 84.5 cm³/mol. The number of aromatic nitrogens is 1. The van der Waals surface area contributed by atoms with Crippen molar-refractivity contribution in [3.8, 4) is 12.3 Å². The van der Waals surface area contributed by atoms with E-state index in [1.807, 2.05) is 6.07 Å². The number of rotatable bonds is 5. The van der Waals surface area contributed by atoms with Crippen molar-refractivity contribution in [1.29, 1.82) is 0 Å². The summed E-state index contributed by atoms with van der Waals surface area (Å²) in [5.74, 6) is 1.50. The van der Waals surface area contributed by atoms with E-state index in [0.29, 0.717) is 11.3 Å². The maximum absolute atomic E-state index is 12.2. The van der Waals surface area contributed by atoms with Crippen molar-refractivity contribution in [2.75, 3.05) is 6.54 Å². The molecule has 1 aromatic carbocycles. The van der Waals surface area contributed by atoms with Crippen LogP contribution in [0, 0.1) is 12.3 Å². The predicted octanol–water partition coefficient (Wildman–Crippen LogP) is 1.53. The third kappa shape index (κ3) is 4.12. The van der Waals surface area contributed by atoms with E-state index in [-0.39, 0.29) is 18.1 Å². The van der Waals surface area contributed by atoms with Crippen LogP contribution in [-0.2, 0) is 4.79 Å². The SMILES string of the molecule is C#CCNC(=O)C(=Cc1ccc[nH]1)NC(=O)c1ccccc1. The van der Waals surface area contributed by atoms with E-state index in [2.05, 4.69) is 21.5 Å². The molecule has 1 aromatic heterocycles. The molecule has 0 fully saturated rings. The summed E-state index contributed by atoms with van der Waals surface area (Å²) in [6, 6.07) is 12.2. The van der Waals surface area contributed by atoms with Gasteiger partial charge in [-0.15, -0.1) is 6.42 Å². The van der Waals surface area contributed by atoms with Crippen LogP contribution in [-0.4, -0.2) is 23.3 Å². The van der Waals surface area contributed by atoms with Crippen molar-refractivity contribution in [3.63, 3.8) is 0 Å². The number of carbonyl (C=O) groups excluding carboxylic acids is 2. The first-order valence-electron chi connectivity index (χ1n) is 6.64. The van der Waals surface area contributed by atoms with Gasteiger partial charge in [0.25, 0.3) is 11.8 Å². The van der Waals surface area contributed by atoms with E-state index in [4.69, 9.17) is 6.42 Å². The van der Waals surface area contributed by atoms with Gasteiger partial charge >= 0.3 is 0 Å². The number of nitrogens with one attached hydrogen (secondary N) is 3. The second-order valence-electron chi connectivity index (χ2n) is 4.39. The van der Waals surface area contributed by atoms with Crippen LogP contribution in [0.4, 0.5) is 0 Å². The first-order valence-corrected chi connectivity index (χ1v) is 6.64. The van der Waals surface area contributed by atoms with E-state index < -0.39 is 5.91 Å². The normalized spacial score (nSPS) is 10.6. The fourth-order valence-electron chi connectivity index (χ4n) is 1.76. The largest absolute Gasteiger partial charge is 0.362 e. The van der Waals surface area contributed by atoms with Gasteiger partial charge in [0.05, 0.1) is 6.54 Å². The molecule has 0 radical (unpaired) electrons. The van der Waals surface area contributed by atoms with Crippen LogP contribution in [0.2, 0.25) is 0 Å². The van der Waals surface area contributed by atoms with Crippen LogP contribution in [0.25, 0.3) is 6.08 Å². The van der Waals surface area contributed by atoms with Gasteiger partial charge in [-0.3, -0.25) is 9.59 Å². The van der Waals surface area contributed by atoms with Gasteiger partial charge in [0.15, 0.2) is 0 Å². The van der Waals surface area contributed by atoms with Gasteiger partial charge in [-0.1, -0.05) is 24.1 Å². The molecule has 0 unspecified atom stereocenters. The molecule has 110 valence electrons. The van der Waals surface area contributed by atoms with Crippen LogP contribution >= 0.6 is 0 Å². The summed E-state index contributed by atoms with van der Waals surface area (Å²) in [6.07, 6.45) is 8.40. The van der Waals surface area contributed by atoms with Gasteiger partial charge in [0.2, 0.25) is 0 Å². The van der Waals surface area contributed by atoms with Crippen molar-refractivity contribution in [3.05, 3.63) is 65.6 Å². The molecule has 2 amide bonds. The van der Waals surface area contributed by atoms with Crippen LogP contribution < -0.4 is 10.6 Å². The molecule has 0 aliphatic rings. The van der Waals surface area contributed by atoms with E-state index in [1.54, 1.807) is 48.7 Å². The summed E-state index contributed by atoms with van der Waals surface area (Å²) in [5, 5.41) is 5.13. The number of carbonyl (C=O) groups is 2. The molecule has 22 heavy (non-hydrogen) atoms. The summed E-state index contributed by atoms with van der Waals surface area (Å²) >= 11 is 0. The number of aromatic amines is 1. The van der Waals surface area contributed by atoms with E-state index in [9.17, 15) is 9.59 Å². The topological polar surface area (TPSA) is 74.0 Å². The molecule has 0 bridgehead atoms. The molecule has 0 saturated carbocycles. The highest BCUT2D eigenvalue weighted by atomic mass is 16.2. The number of terminal acetylenes is 1. The zero-order valence-corrected chi connectivity index (χ0v) is 11.8. The van der Waals surface area contributed by atoms with Crippen molar-refractivity contribution in [2.45, 2.75) is 0 Å². The highest BCUT2D eigenvalue weighted by Crippen LogP contribution is 2.05. The number of benzene rings is 1. The Balaban J connectivity index is 2.20. The third-order valence-electron chi connectivity index (χ3n) is 2.80. The average molecular weight is 293 g/mol. The minimum absolute atomic E-state index is 0.0854. The number of H-pyrrole nitrogens is 1. The van der Waals surface area contributed by atoms with E-state index in [1.165, 1.54) is 0 Å². The summed E-state index contributed by atoms with van der Waals surface area (Å²) < 4.78 is 0. The van der Waals surface area contributed by atoms with Gasteiger partial charge in [-0.2, -0.15) is 0 Å². The number of hydrogen-bond donors (Lipinski definition) is 3. The Kier molecular flexibility index (Phi) is 5.16. The molecule has 1 heterocycles. The Morgan fingerprint density at radius 3 is 2.59 bits per heavy atom. The Labute approximate surface area is 128 Å². The molecule has 0 aliphatic carbocycles. The number of amides is 2. The minimum atomic E-state index is -0.447. The molecule has 0 spiro atoms. The van der Waals surface area contributed by atoms with Crippen molar-refractivity contribution >= 4 is 17.9 Å². The van der Waals surface area contributed by atoms with Gasteiger partial charge in [0, 0.05) is 17.5 Å². The first-order chi connectivity index (χ1) is 10.7. The Hall–Kier alpha value is -3.26. The Morgan fingerprint density at radius 2 is 1.95 bits per heavy atom. The van der Waals surface area contributed by atoms with Crippen molar-refractivity contribution in [2.24, 2.45) is 0 Å². The monoisotopic (exact) mass is 293 g/mol. The highest BCUT2D eigenvalue weighted by Gasteiger charge is 2.14. The molecular weight excluding hydrogens is 278 g/mol. The molecule has 0 saturated heterocycles. The zero-order chi connectivity index (χ0) is 15.8. The fraction of sp³-hybridized carbons (Fsp3) is 0.0588. The van der Waals surface area contributed by atoms with Crippen molar-refractivity contribution < 1.29 is 9.59 Å². The first kappa shape index (κ1) is 15.1. The Morgan fingerprint density at radius 1 is 1.18 bits per heavy atom. The van der Waals surface area contributed by atoms with E-state index in [0.717, 1.165) is 0 Å². The second-order valence-corrected chi connectivity index (χ2v) is 4.39. The lowest BCUT2D eigenvalue weighted by molar-refractivity contribution is -0.117. The summed E-state index contributed by atoms with van der Waals surface area (Å²) in [4.78, 5) is 27.2. The molecule has 3 N–H and O–H groups in total. The lowest BCUT2D eigenvalue weighted by atomic mass is 10.2. The zero-order valence-electron chi connectivity index (χ0n) is 11.8. The lowest BCUT2D eigenvalue weighted by Crippen LogP contribution is -2.35. The summed E-state index contributed by atoms with van der Waals surface area (Å²) in [5.41, 5.74) is 1.27. The molecular formula is C17H15N3O2. The average Bonchev–Trinajstić information content (AvgIpc) is 3.05. The number of hydrogen-bond acceptors (Lipinski definition) is 2. The van der Waals surface area contributed by atoms with Crippen molar-refractivity contribution in [1.82, 2.24) is 15.6 Å². The molecule has 0 aliphatic heterocycles. The quantitative estimate of drug-likeness (QED) is 0.578. The molecule has 5 nitrogen and oxygen atoms in total. The van der Waals surface area contributed by atoms with Crippen LogP contribution in [0.5, 0.6) is 0 Å². The molecule has 0 atom stereocenters. The maximum atomic E-state index is 12.2. The Bertz CT molecular complexity index is 710. The second kappa shape index (κ2) is 7.50. The third-order valence-corrected chi connectivity index (χ3v) is 2.80. The fourth-order valence-corrected chi connectivity index (χ4v) is 1.76. The van der Waals surface area contributed by atoms with Crippen LogP contribution in [0.1, 0.15) is 16.1 Å². The molecule has 5 heteroatoms. The molecule has 2 aromatic rings. The maximum Gasteiger partial charge on any atom is 0.268 e. The molecule has 2 rings (SSSR count). The summed E-state index contributed by atoms with van der Waals surface area (Å²) in [6.45, 7) is 0.0854. The standard InChI is InChI=1S/C17H15N3O2/c1-2-10-19-17(22)15(12-14-9-6-11-18-14)20-16(21)13-7-4-3-5-8-13/h1,3-9,11-12,18H,10H2,(H,19,22)(H,20,21). The minimum Gasteiger partial charge on any atom is -0.362 e. The van der Waals surface area contributed by atoms with Gasteiger partial charge in [0.1, 0.15) is 5.70 Å². The van der Waals surface area contributed by atoms with E-state index >= 15 is 0 Å². The van der Waals surface area contributed by atoms with Gasteiger partial charge in [-0.05, 0) is 30.3 Å². The highest BCUT2D eigenvalue weighted by molar-refractivity contribution is 6.05.